The number of amides is 1. The number of aryl methyl sites for hydroxylation is 2. The highest BCUT2D eigenvalue weighted by Gasteiger charge is 2.18. The van der Waals surface area contributed by atoms with Gasteiger partial charge in [0, 0.05) is 29.7 Å². The van der Waals surface area contributed by atoms with E-state index in [1.807, 2.05) is 49.9 Å². The van der Waals surface area contributed by atoms with Crippen LogP contribution in [0.15, 0.2) is 48.8 Å². The second-order valence-corrected chi connectivity index (χ2v) is 6.87. The van der Waals surface area contributed by atoms with Crippen LogP contribution in [-0.2, 0) is 11.2 Å². The minimum Gasteiger partial charge on any atom is -0.312 e. The summed E-state index contributed by atoms with van der Waals surface area (Å²) in [5, 5.41) is 6.46. The molecule has 2 heterocycles. The number of fused-ring (bicyclic) bond motifs is 2. The molecule has 0 saturated heterocycles. The Morgan fingerprint density at radius 2 is 1.89 bits per heavy atom. The molecule has 0 unspecified atom stereocenters. The number of nitrogens with zero attached hydrogens (tertiary/aromatic N) is 5. The van der Waals surface area contributed by atoms with Gasteiger partial charge in [0.2, 0.25) is 5.91 Å². The Bertz CT molecular complexity index is 1160. The molecular weight excluding hydrogens is 350 g/mol. The number of anilines is 1. The first-order chi connectivity index (χ1) is 13.6. The normalized spacial score (nSPS) is 11.2. The summed E-state index contributed by atoms with van der Waals surface area (Å²) in [6, 6.07) is 14.3. The predicted octanol–water partition coefficient (Wildman–Crippen LogP) is 3.88. The van der Waals surface area contributed by atoms with E-state index in [0.717, 1.165) is 33.4 Å². The van der Waals surface area contributed by atoms with E-state index in [9.17, 15) is 4.79 Å². The standard InChI is InChI=1S/C22H23N5O/c1-4-26(20-11-7-9-17-8-5-6-10-19(17)20)21(28)13-12-18-15(2)25-22-23-14-24-27(22)16(18)3/h5-11,14H,4,12-13H2,1-3H3. The maximum Gasteiger partial charge on any atom is 0.252 e. The molecule has 6 nitrogen and oxygen atoms in total. The quantitative estimate of drug-likeness (QED) is 0.533. The smallest absolute Gasteiger partial charge is 0.252 e. The molecule has 0 aliphatic heterocycles. The highest BCUT2D eigenvalue weighted by molar-refractivity contribution is 6.03. The first-order valence-electron chi connectivity index (χ1n) is 9.54. The molecule has 142 valence electrons. The van der Waals surface area contributed by atoms with Crippen LogP contribution in [0.2, 0.25) is 0 Å². The molecule has 0 atom stereocenters. The number of rotatable bonds is 5. The molecule has 0 bridgehead atoms. The molecule has 4 rings (SSSR count). The van der Waals surface area contributed by atoms with Crippen molar-refractivity contribution in [3.8, 4) is 0 Å². The third-order valence-electron chi connectivity index (χ3n) is 5.25. The van der Waals surface area contributed by atoms with E-state index in [1.54, 1.807) is 4.52 Å². The van der Waals surface area contributed by atoms with Gasteiger partial charge in [0.05, 0.1) is 5.69 Å². The number of hydrogen-bond acceptors (Lipinski definition) is 4. The van der Waals surface area contributed by atoms with Crippen LogP contribution in [0.3, 0.4) is 0 Å². The molecule has 4 aromatic rings. The molecule has 0 radical (unpaired) electrons. The number of carbonyl (C=O) groups excluding carboxylic acids is 1. The molecule has 2 aromatic heterocycles. The fourth-order valence-corrected chi connectivity index (χ4v) is 3.81. The number of aromatic nitrogens is 4. The van der Waals surface area contributed by atoms with E-state index in [2.05, 4.69) is 33.3 Å². The lowest BCUT2D eigenvalue weighted by Gasteiger charge is -2.23. The molecule has 0 N–H and O–H groups in total. The molecule has 1 amide bonds. The van der Waals surface area contributed by atoms with Crippen LogP contribution in [0.25, 0.3) is 16.6 Å². The van der Waals surface area contributed by atoms with Crippen molar-refractivity contribution in [2.45, 2.75) is 33.6 Å². The minimum absolute atomic E-state index is 0.108. The summed E-state index contributed by atoms with van der Waals surface area (Å²) >= 11 is 0. The van der Waals surface area contributed by atoms with E-state index in [-0.39, 0.29) is 5.91 Å². The van der Waals surface area contributed by atoms with E-state index in [4.69, 9.17) is 0 Å². The van der Waals surface area contributed by atoms with Crippen LogP contribution in [0.5, 0.6) is 0 Å². The van der Waals surface area contributed by atoms with Crippen LogP contribution in [0, 0.1) is 13.8 Å². The van der Waals surface area contributed by atoms with Crippen LogP contribution in [0.4, 0.5) is 5.69 Å². The molecule has 28 heavy (non-hydrogen) atoms. The van der Waals surface area contributed by atoms with Gasteiger partial charge in [0.1, 0.15) is 6.33 Å². The van der Waals surface area contributed by atoms with Crippen molar-refractivity contribution in [2.75, 3.05) is 11.4 Å². The molecule has 0 aliphatic rings. The van der Waals surface area contributed by atoms with Gasteiger partial charge in [-0.1, -0.05) is 36.4 Å². The predicted molar refractivity (Wildman–Crippen MR) is 111 cm³/mol. The molecule has 6 heteroatoms. The van der Waals surface area contributed by atoms with Gasteiger partial charge in [-0.25, -0.2) is 9.50 Å². The van der Waals surface area contributed by atoms with Crippen LogP contribution in [0.1, 0.15) is 30.3 Å². The fourth-order valence-electron chi connectivity index (χ4n) is 3.81. The summed E-state index contributed by atoms with van der Waals surface area (Å²) < 4.78 is 1.73. The summed E-state index contributed by atoms with van der Waals surface area (Å²) in [6.45, 7) is 6.60. The van der Waals surface area contributed by atoms with E-state index >= 15 is 0 Å². The Hall–Kier alpha value is -3.28. The molecule has 0 fully saturated rings. The SMILES string of the molecule is CCN(C(=O)CCc1c(C)nc2ncnn2c1C)c1cccc2ccccc12. The maximum absolute atomic E-state index is 13.1. The Balaban J connectivity index is 1.60. The molecular formula is C22H23N5O. The number of carbonyl (C=O) groups is 1. The lowest BCUT2D eigenvalue weighted by Crippen LogP contribution is -2.31. The Morgan fingerprint density at radius 1 is 1.11 bits per heavy atom. The van der Waals surface area contributed by atoms with Gasteiger partial charge in [0.25, 0.3) is 5.78 Å². The van der Waals surface area contributed by atoms with Gasteiger partial charge in [-0.15, -0.1) is 0 Å². The topological polar surface area (TPSA) is 63.4 Å². The summed E-state index contributed by atoms with van der Waals surface area (Å²) in [7, 11) is 0. The highest BCUT2D eigenvalue weighted by atomic mass is 16.2. The summed E-state index contributed by atoms with van der Waals surface area (Å²) in [5.74, 6) is 0.701. The van der Waals surface area contributed by atoms with E-state index in [0.29, 0.717) is 25.2 Å². The maximum atomic E-state index is 13.1. The zero-order chi connectivity index (χ0) is 19.7. The Kier molecular flexibility index (Phi) is 4.77. The third kappa shape index (κ3) is 3.11. The average molecular weight is 373 g/mol. The molecule has 0 spiro atoms. The summed E-state index contributed by atoms with van der Waals surface area (Å²) in [5.41, 5.74) is 3.91. The minimum atomic E-state index is 0.108. The van der Waals surface area contributed by atoms with Gasteiger partial charge < -0.3 is 4.90 Å². The van der Waals surface area contributed by atoms with Crippen molar-refractivity contribution in [1.29, 1.82) is 0 Å². The third-order valence-corrected chi connectivity index (χ3v) is 5.25. The Morgan fingerprint density at radius 3 is 2.71 bits per heavy atom. The molecule has 2 aromatic carbocycles. The fraction of sp³-hybridized carbons (Fsp3) is 0.273. The van der Waals surface area contributed by atoms with Gasteiger partial charge in [0.15, 0.2) is 0 Å². The van der Waals surface area contributed by atoms with E-state index in [1.165, 1.54) is 6.33 Å². The summed E-state index contributed by atoms with van der Waals surface area (Å²) in [4.78, 5) is 23.6. The first kappa shape index (κ1) is 18.1. The lowest BCUT2D eigenvalue weighted by atomic mass is 10.0. The van der Waals surface area contributed by atoms with Crippen LogP contribution >= 0.6 is 0 Å². The highest BCUT2D eigenvalue weighted by Crippen LogP contribution is 2.27. The zero-order valence-corrected chi connectivity index (χ0v) is 16.4. The first-order valence-corrected chi connectivity index (χ1v) is 9.54. The van der Waals surface area contributed by atoms with Crippen molar-refractivity contribution >= 4 is 28.1 Å². The van der Waals surface area contributed by atoms with Gasteiger partial charge >= 0.3 is 0 Å². The summed E-state index contributed by atoms with van der Waals surface area (Å²) in [6.07, 6.45) is 2.55. The van der Waals surface area contributed by atoms with Crippen molar-refractivity contribution < 1.29 is 4.79 Å². The average Bonchev–Trinajstić information content (AvgIpc) is 3.17. The van der Waals surface area contributed by atoms with Crippen molar-refractivity contribution in [3.05, 3.63) is 65.7 Å². The van der Waals surface area contributed by atoms with Crippen LogP contribution in [-0.4, -0.2) is 32.0 Å². The van der Waals surface area contributed by atoms with E-state index < -0.39 is 0 Å². The number of hydrogen-bond donors (Lipinski definition) is 0. The second kappa shape index (κ2) is 7.38. The Labute approximate surface area is 163 Å². The second-order valence-electron chi connectivity index (χ2n) is 6.87. The van der Waals surface area contributed by atoms with Gasteiger partial charge in [-0.05, 0) is 44.2 Å². The molecule has 0 saturated carbocycles. The zero-order valence-electron chi connectivity index (χ0n) is 16.4. The number of benzene rings is 2. The van der Waals surface area contributed by atoms with Crippen molar-refractivity contribution in [2.24, 2.45) is 0 Å². The van der Waals surface area contributed by atoms with Gasteiger partial charge in [-0.3, -0.25) is 4.79 Å². The van der Waals surface area contributed by atoms with Gasteiger partial charge in [-0.2, -0.15) is 10.1 Å². The lowest BCUT2D eigenvalue weighted by molar-refractivity contribution is -0.118. The van der Waals surface area contributed by atoms with Crippen molar-refractivity contribution in [3.63, 3.8) is 0 Å². The van der Waals surface area contributed by atoms with Crippen LogP contribution < -0.4 is 4.90 Å². The van der Waals surface area contributed by atoms with Crippen molar-refractivity contribution in [1.82, 2.24) is 19.6 Å². The largest absolute Gasteiger partial charge is 0.312 e. The monoisotopic (exact) mass is 373 g/mol. The molecule has 0 aliphatic carbocycles.